The number of carbonyl (C=O) groups excluding carboxylic acids is 1. The molecule has 0 aliphatic carbocycles. The lowest BCUT2D eigenvalue weighted by molar-refractivity contribution is -0.140. The Kier molecular flexibility index (Phi) is 5.60. The molecule has 0 atom stereocenters. The summed E-state index contributed by atoms with van der Waals surface area (Å²) in [4.78, 5) is 20.3. The molecule has 2 heterocycles. The molecule has 2 aromatic rings. The number of anilines is 1. The lowest BCUT2D eigenvalue weighted by Gasteiger charge is -2.10. The van der Waals surface area contributed by atoms with Crippen LogP contribution in [0.4, 0.5) is 5.82 Å². The molecule has 0 radical (unpaired) electrons. The van der Waals surface area contributed by atoms with Gasteiger partial charge in [0.1, 0.15) is 5.75 Å². The molecule has 2 aromatic heterocycles. The Labute approximate surface area is 133 Å². The van der Waals surface area contributed by atoms with Crippen LogP contribution in [-0.4, -0.2) is 28.8 Å². The number of hydrogen-bond acceptors (Lipinski definition) is 7. The lowest BCUT2D eigenvalue weighted by atomic mass is 10.3. The van der Waals surface area contributed by atoms with Gasteiger partial charge in [-0.3, -0.25) is 9.78 Å². The Morgan fingerprint density at radius 1 is 1.36 bits per heavy atom. The predicted octanol–water partition coefficient (Wildman–Crippen LogP) is 2.81. The van der Waals surface area contributed by atoms with Crippen molar-refractivity contribution in [1.82, 2.24) is 9.97 Å². The first-order chi connectivity index (χ1) is 10.6. The summed E-state index contributed by atoms with van der Waals surface area (Å²) >= 11 is 1.49. The maximum Gasteiger partial charge on any atom is 0.306 e. The van der Waals surface area contributed by atoms with E-state index in [1.165, 1.54) is 18.9 Å². The summed E-state index contributed by atoms with van der Waals surface area (Å²) in [5.74, 6) is 1.77. The first kappa shape index (κ1) is 16.1. The van der Waals surface area contributed by atoms with Crippen molar-refractivity contribution in [3.63, 3.8) is 0 Å². The van der Waals surface area contributed by atoms with E-state index in [0.29, 0.717) is 29.5 Å². The molecular weight excluding hydrogens is 302 g/mol. The van der Waals surface area contributed by atoms with Crippen molar-refractivity contribution < 1.29 is 14.3 Å². The molecule has 6 nitrogen and oxygen atoms in total. The fourth-order valence-corrected chi connectivity index (χ4v) is 2.47. The van der Waals surface area contributed by atoms with Crippen molar-refractivity contribution in [2.45, 2.75) is 18.2 Å². The smallest absolute Gasteiger partial charge is 0.306 e. The van der Waals surface area contributed by atoms with E-state index < -0.39 is 0 Å². The van der Waals surface area contributed by atoms with Crippen molar-refractivity contribution in [2.75, 3.05) is 18.6 Å². The Balaban J connectivity index is 2.07. The number of nitrogen functional groups attached to an aromatic ring is 1. The third kappa shape index (κ3) is 4.36. The van der Waals surface area contributed by atoms with E-state index in [2.05, 4.69) is 14.7 Å². The van der Waals surface area contributed by atoms with Gasteiger partial charge in [-0.2, -0.15) is 0 Å². The fourth-order valence-electron chi connectivity index (χ4n) is 1.65. The number of thioether (sulfide) groups is 1. The van der Waals surface area contributed by atoms with Gasteiger partial charge in [-0.25, -0.2) is 4.98 Å². The van der Waals surface area contributed by atoms with E-state index in [1.807, 2.05) is 13.0 Å². The monoisotopic (exact) mass is 319 g/mol. The van der Waals surface area contributed by atoms with Gasteiger partial charge in [0, 0.05) is 23.0 Å². The van der Waals surface area contributed by atoms with Crippen LogP contribution < -0.4 is 10.5 Å². The van der Waals surface area contributed by atoms with Gasteiger partial charge in [-0.15, -0.1) is 11.8 Å². The highest BCUT2D eigenvalue weighted by Crippen LogP contribution is 2.31. The summed E-state index contributed by atoms with van der Waals surface area (Å²) in [6, 6.07) is 5.41. The molecule has 7 heteroatoms. The Morgan fingerprint density at radius 3 is 2.91 bits per heavy atom. The number of nitrogens with zero attached hydrogens (tertiary/aromatic N) is 2. The van der Waals surface area contributed by atoms with Crippen LogP contribution >= 0.6 is 11.8 Å². The van der Waals surface area contributed by atoms with Gasteiger partial charge in [0.2, 0.25) is 0 Å². The standard InChI is InChI=1S/C15H17N3O3S/c1-10-12(4-3-6-17-10)21-13-8-11(9-18-15(13)16)22-7-5-14(19)20-2/h3-4,6,8-9H,5,7H2,1-2H3,(H2,16,18). The Hall–Kier alpha value is -2.28. The van der Waals surface area contributed by atoms with E-state index >= 15 is 0 Å². The number of carbonyl (C=O) groups is 1. The number of aromatic nitrogens is 2. The lowest BCUT2D eigenvalue weighted by Crippen LogP contribution is -2.01. The molecule has 2 rings (SSSR count). The molecular formula is C15H17N3O3S. The van der Waals surface area contributed by atoms with Gasteiger partial charge in [-0.1, -0.05) is 0 Å². The minimum absolute atomic E-state index is 0.238. The van der Waals surface area contributed by atoms with Crippen LogP contribution in [0.2, 0.25) is 0 Å². The summed E-state index contributed by atoms with van der Waals surface area (Å²) in [5, 5.41) is 0. The summed E-state index contributed by atoms with van der Waals surface area (Å²) in [7, 11) is 1.37. The number of rotatable bonds is 6. The third-order valence-electron chi connectivity index (χ3n) is 2.84. The zero-order valence-corrected chi connectivity index (χ0v) is 13.2. The number of esters is 1. The minimum Gasteiger partial charge on any atom is -0.469 e. The van der Waals surface area contributed by atoms with E-state index in [1.54, 1.807) is 24.5 Å². The molecule has 2 N–H and O–H groups in total. The molecule has 0 saturated carbocycles. The third-order valence-corrected chi connectivity index (χ3v) is 3.80. The summed E-state index contributed by atoms with van der Waals surface area (Å²) in [5.41, 5.74) is 6.62. The van der Waals surface area contributed by atoms with Crippen LogP contribution in [-0.2, 0) is 9.53 Å². The van der Waals surface area contributed by atoms with Gasteiger partial charge < -0.3 is 15.2 Å². The zero-order valence-electron chi connectivity index (χ0n) is 12.4. The maximum absolute atomic E-state index is 11.1. The summed E-state index contributed by atoms with van der Waals surface area (Å²) in [6.45, 7) is 1.86. The average molecular weight is 319 g/mol. The average Bonchev–Trinajstić information content (AvgIpc) is 2.52. The largest absolute Gasteiger partial charge is 0.469 e. The number of ether oxygens (including phenoxy) is 2. The number of aryl methyl sites for hydroxylation is 1. The van der Waals surface area contributed by atoms with Crippen molar-refractivity contribution >= 4 is 23.5 Å². The van der Waals surface area contributed by atoms with Crippen molar-refractivity contribution in [3.05, 3.63) is 36.3 Å². The van der Waals surface area contributed by atoms with E-state index in [9.17, 15) is 4.79 Å². The second kappa shape index (κ2) is 7.65. The SMILES string of the molecule is COC(=O)CCSc1cnc(N)c(Oc2cccnc2C)c1. The topological polar surface area (TPSA) is 87.3 Å². The summed E-state index contributed by atoms with van der Waals surface area (Å²) in [6.07, 6.45) is 3.69. The van der Waals surface area contributed by atoms with Crippen LogP contribution in [0.25, 0.3) is 0 Å². The molecule has 0 fully saturated rings. The van der Waals surface area contributed by atoms with Gasteiger partial charge in [0.05, 0.1) is 19.2 Å². The number of methoxy groups -OCH3 is 1. The maximum atomic E-state index is 11.1. The molecule has 0 saturated heterocycles. The van der Waals surface area contributed by atoms with Gasteiger partial charge >= 0.3 is 5.97 Å². The Morgan fingerprint density at radius 2 is 2.18 bits per heavy atom. The Bertz CT molecular complexity index is 664. The van der Waals surface area contributed by atoms with Crippen molar-refractivity contribution in [1.29, 1.82) is 0 Å². The number of hydrogen-bond donors (Lipinski definition) is 1. The van der Waals surface area contributed by atoms with E-state index in [-0.39, 0.29) is 5.97 Å². The molecule has 0 unspecified atom stereocenters. The number of nitrogens with two attached hydrogens (primary N) is 1. The first-order valence-electron chi connectivity index (χ1n) is 6.64. The van der Waals surface area contributed by atoms with Crippen molar-refractivity contribution in [2.24, 2.45) is 0 Å². The minimum atomic E-state index is -0.238. The van der Waals surface area contributed by atoms with Crippen LogP contribution in [0, 0.1) is 6.92 Å². The molecule has 0 aliphatic heterocycles. The van der Waals surface area contributed by atoms with Crippen LogP contribution in [0.5, 0.6) is 11.5 Å². The quantitative estimate of drug-likeness (QED) is 0.647. The molecule has 0 aromatic carbocycles. The predicted molar refractivity (Wildman–Crippen MR) is 85.1 cm³/mol. The molecule has 22 heavy (non-hydrogen) atoms. The van der Waals surface area contributed by atoms with Gasteiger partial charge in [-0.05, 0) is 25.1 Å². The zero-order chi connectivity index (χ0) is 15.9. The second-order valence-corrected chi connectivity index (χ2v) is 5.59. The van der Waals surface area contributed by atoms with Crippen LogP contribution in [0.15, 0.2) is 35.5 Å². The van der Waals surface area contributed by atoms with Crippen molar-refractivity contribution in [3.8, 4) is 11.5 Å². The van der Waals surface area contributed by atoms with Crippen LogP contribution in [0.1, 0.15) is 12.1 Å². The van der Waals surface area contributed by atoms with Crippen LogP contribution in [0.3, 0.4) is 0 Å². The highest BCUT2D eigenvalue weighted by molar-refractivity contribution is 7.99. The van der Waals surface area contributed by atoms with Gasteiger partial charge in [0.15, 0.2) is 11.6 Å². The highest BCUT2D eigenvalue weighted by Gasteiger charge is 2.09. The summed E-state index contributed by atoms with van der Waals surface area (Å²) < 4.78 is 10.4. The first-order valence-corrected chi connectivity index (χ1v) is 7.63. The highest BCUT2D eigenvalue weighted by atomic mass is 32.2. The normalized spacial score (nSPS) is 10.3. The molecule has 0 bridgehead atoms. The fraction of sp³-hybridized carbons (Fsp3) is 0.267. The molecule has 0 aliphatic rings. The molecule has 0 spiro atoms. The molecule has 0 amide bonds. The number of pyridine rings is 2. The molecule has 116 valence electrons. The van der Waals surface area contributed by atoms with Gasteiger partial charge in [0.25, 0.3) is 0 Å². The van der Waals surface area contributed by atoms with E-state index in [0.717, 1.165) is 10.6 Å². The second-order valence-electron chi connectivity index (χ2n) is 4.42. The van der Waals surface area contributed by atoms with E-state index in [4.69, 9.17) is 10.5 Å².